The number of hydrogen-bond donors (Lipinski definition) is 1. The number of nitrogens with one attached hydrogen (secondary N) is 1. The Labute approximate surface area is 162 Å². The number of nitrogens with zero attached hydrogens (tertiary/aromatic N) is 2. The normalized spacial score (nSPS) is 15.6. The Hall–Kier alpha value is -3.02. The summed E-state index contributed by atoms with van der Waals surface area (Å²) in [4.78, 5) is 25.8. The summed E-state index contributed by atoms with van der Waals surface area (Å²) in [6.45, 7) is 2.20. The van der Waals surface area contributed by atoms with E-state index in [1.807, 2.05) is 6.92 Å². The average molecular weight is 379 g/mol. The van der Waals surface area contributed by atoms with E-state index in [0.717, 1.165) is 31.2 Å². The van der Waals surface area contributed by atoms with Gasteiger partial charge >= 0.3 is 0 Å². The highest BCUT2D eigenvalue weighted by Crippen LogP contribution is 2.39. The minimum atomic E-state index is -0.541. The number of amides is 1. The van der Waals surface area contributed by atoms with Gasteiger partial charge in [0.05, 0.1) is 10.9 Å². The third-order valence-corrected chi connectivity index (χ3v) is 5.59. The van der Waals surface area contributed by atoms with Crippen LogP contribution in [0.4, 0.5) is 4.39 Å². The number of hydrogen-bond acceptors (Lipinski definition) is 3. The van der Waals surface area contributed by atoms with Gasteiger partial charge in [0.15, 0.2) is 5.69 Å². The molecule has 1 aliphatic carbocycles. The Morgan fingerprint density at radius 3 is 2.39 bits per heavy atom. The summed E-state index contributed by atoms with van der Waals surface area (Å²) in [6.07, 6.45) is 3.55. The standard InChI is InChI=1S/C22H22FN3O2/c1-2-26-21(28)18-8-4-3-7-17(18)19(25-26)20(27)24-22(13-5-6-14-22)15-9-11-16(23)12-10-15/h3-4,7-12H,2,5-6,13-14H2,1H3,(H,24,27). The molecular formula is C22H22FN3O2. The Bertz CT molecular complexity index is 1080. The first-order valence-corrected chi connectivity index (χ1v) is 9.62. The van der Waals surface area contributed by atoms with Gasteiger partial charge in [0.25, 0.3) is 11.5 Å². The minimum absolute atomic E-state index is 0.205. The van der Waals surface area contributed by atoms with E-state index in [4.69, 9.17) is 0 Å². The summed E-state index contributed by atoms with van der Waals surface area (Å²) in [5.41, 5.74) is 0.392. The maximum absolute atomic E-state index is 13.4. The van der Waals surface area contributed by atoms with Gasteiger partial charge in [0.1, 0.15) is 5.82 Å². The summed E-state index contributed by atoms with van der Waals surface area (Å²) < 4.78 is 14.7. The van der Waals surface area contributed by atoms with Crippen LogP contribution in [0.3, 0.4) is 0 Å². The van der Waals surface area contributed by atoms with Crippen LogP contribution in [0.2, 0.25) is 0 Å². The van der Waals surface area contributed by atoms with E-state index in [9.17, 15) is 14.0 Å². The summed E-state index contributed by atoms with van der Waals surface area (Å²) in [7, 11) is 0. The molecule has 6 heteroatoms. The molecule has 2 aromatic carbocycles. The molecule has 144 valence electrons. The molecule has 1 amide bonds. The van der Waals surface area contributed by atoms with E-state index in [2.05, 4.69) is 10.4 Å². The molecule has 0 atom stereocenters. The maximum Gasteiger partial charge on any atom is 0.274 e. The average Bonchev–Trinajstić information content (AvgIpc) is 3.18. The molecule has 0 radical (unpaired) electrons. The van der Waals surface area contributed by atoms with Crippen molar-refractivity contribution in [1.29, 1.82) is 0 Å². The number of carbonyl (C=O) groups excluding carboxylic acids is 1. The summed E-state index contributed by atoms with van der Waals surface area (Å²) in [5.74, 6) is -0.615. The van der Waals surface area contributed by atoms with Crippen LogP contribution in [-0.4, -0.2) is 15.7 Å². The van der Waals surface area contributed by atoms with Crippen LogP contribution in [0.1, 0.15) is 48.7 Å². The van der Waals surface area contributed by atoms with E-state index in [1.165, 1.54) is 16.8 Å². The summed E-state index contributed by atoms with van der Waals surface area (Å²) >= 11 is 0. The first kappa shape index (κ1) is 18.3. The van der Waals surface area contributed by atoms with Crippen molar-refractivity contribution in [3.05, 3.63) is 76.0 Å². The molecule has 1 aliphatic rings. The number of carbonyl (C=O) groups is 1. The summed E-state index contributed by atoms with van der Waals surface area (Å²) in [5, 5.41) is 8.52. The van der Waals surface area contributed by atoms with Gasteiger partial charge in [-0.1, -0.05) is 43.2 Å². The maximum atomic E-state index is 13.4. The lowest BCUT2D eigenvalue weighted by atomic mass is 9.88. The molecule has 5 nitrogen and oxygen atoms in total. The SMILES string of the molecule is CCn1nc(C(=O)NC2(c3ccc(F)cc3)CCCC2)c2ccccc2c1=O. The van der Waals surface area contributed by atoms with Gasteiger partial charge in [-0.05, 0) is 43.5 Å². The topological polar surface area (TPSA) is 64.0 Å². The number of halogens is 1. The van der Waals surface area contributed by atoms with Gasteiger partial charge in [-0.3, -0.25) is 9.59 Å². The van der Waals surface area contributed by atoms with Crippen LogP contribution in [0.25, 0.3) is 10.8 Å². The van der Waals surface area contributed by atoms with E-state index >= 15 is 0 Å². The van der Waals surface area contributed by atoms with Crippen LogP contribution in [0.5, 0.6) is 0 Å². The molecule has 0 spiro atoms. The van der Waals surface area contributed by atoms with Crippen molar-refractivity contribution in [1.82, 2.24) is 15.1 Å². The Balaban J connectivity index is 1.78. The zero-order valence-electron chi connectivity index (χ0n) is 15.7. The third kappa shape index (κ3) is 3.09. The van der Waals surface area contributed by atoms with Gasteiger partial charge in [0, 0.05) is 11.9 Å². The van der Waals surface area contributed by atoms with E-state index < -0.39 is 5.54 Å². The van der Waals surface area contributed by atoms with Crippen molar-refractivity contribution in [3.63, 3.8) is 0 Å². The third-order valence-electron chi connectivity index (χ3n) is 5.59. The highest BCUT2D eigenvalue weighted by atomic mass is 19.1. The fourth-order valence-electron chi connectivity index (χ4n) is 4.13. The Kier molecular flexibility index (Phi) is 4.71. The molecule has 0 saturated heterocycles. The second-order valence-electron chi connectivity index (χ2n) is 7.27. The molecule has 1 aromatic heterocycles. The van der Waals surface area contributed by atoms with Crippen LogP contribution in [-0.2, 0) is 12.1 Å². The first-order valence-electron chi connectivity index (χ1n) is 9.62. The molecule has 28 heavy (non-hydrogen) atoms. The predicted molar refractivity (Wildman–Crippen MR) is 106 cm³/mol. The fourth-order valence-corrected chi connectivity index (χ4v) is 4.13. The van der Waals surface area contributed by atoms with E-state index in [0.29, 0.717) is 17.3 Å². The molecule has 4 rings (SSSR count). The number of rotatable bonds is 4. The number of aryl methyl sites for hydroxylation is 1. The van der Waals surface area contributed by atoms with Crippen molar-refractivity contribution in [2.24, 2.45) is 0 Å². The van der Waals surface area contributed by atoms with Crippen molar-refractivity contribution < 1.29 is 9.18 Å². The lowest BCUT2D eigenvalue weighted by Gasteiger charge is -2.31. The summed E-state index contributed by atoms with van der Waals surface area (Å²) in [6, 6.07) is 13.4. The van der Waals surface area contributed by atoms with Gasteiger partial charge in [0.2, 0.25) is 0 Å². The van der Waals surface area contributed by atoms with Crippen LogP contribution >= 0.6 is 0 Å². The Morgan fingerprint density at radius 1 is 1.11 bits per heavy atom. The monoisotopic (exact) mass is 379 g/mol. The molecule has 0 bridgehead atoms. The van der Waals surface area contributed by atoms with Crippen LogP contribution in [0, 0.1) is 5.82 Å². The lowest BCUT2D eigenvalue weighted by molar-refractivity contribution is 0.0892. The molecule has 1 N–H and O–H groups in total. The van der Waals surface area contributed by atoms with Gasteiger partial charge < -0.3 is 5.32 Å². The van der Waals surface area contributed by atoms with Crippen molar-refractivity contribution >= 4 is 16.7 Å². The smallest absolute Gasteiger partial charge is 0.274 e. The largest absolute Gasteiger partial charge is 0.341 e. The molecule has 1 saturated carbocycles. The van der Waals surface area contributed by atoms with Gasteiger partial charge in [-0.2, -0.15) is 5.10 Å². The second kappa shape index (κ2) is 7.19. The molecule has 1 heterocycles. The number of fused-ring (bicyclic) bond motifs is 1. The molecule has 0 aliphatic heterocycles. The first-order chi connectivity index (χ1) is 13.5. The quantitative estimate of drug-likeness (QED) is 0.751. The van der Waals surface area contributed by atoms with Gasteiger partial charge in [-0.25, -0.2) is 9.07 Å². The van der Waals surface area contributed by atoms with Crippen LogP contribution in [0.15, 0.2) is 53.3 Å². The zero-order valence-corrected chi connectivity index (χ0v) is 15.7. The number of aromatic nitrogens is 2. The van der Waals surface area contributed by atoms with E-state index in [-0.39, 0.29) is 23.0 Å². The molecule has 1 fully saturated rings. The van der Waals surface area contributed by atoms with Crippen LogP contribution < -0.4 is 10.9 Å². The second-order valence-corrected chi connectivity index (χ2v) is 7.27. The highest BCUT2D eigenvalue weighted by molar-refractivity contribution is 6.05. The van der Waals surface area contributed by atoms with E-state index in [1.54, 1.807) is 36.4 Å². The van der Waals surface area contributed by atoms with Crippen molar-refractivity contribution in [2.75, 3.05) is 0 Å². The lowest BCUT2D eigenvalue weighted by Crippen LogP contribution is -2.44. The van der Waals surface area contributed by atoms with Crippen molar-refractivity contribution in [2.45, 2.75) is 44.7 Å². The van der Waals surface area contributed by atoms with Gasteiger partial charge in [-0.15, -0.1) is 0 Å². The molecular weight excluding hydrogens is 357 g/mol. The number of benzene rings is 2. The van der Waals surface area contributed by atoms with Crippen molar-refractivity contribution in [3.8, 4) is 0 Å². The minimum Gasteiger partial charge on any atom is -0.341 e. The zero-order chi connectivity index (χ0) is 19.7. The highest BCUT2D eigenvalue weighted by Gasteiger charge is 2.38. The molecule has 3 aromatic rings. The fraction of sp³-hybridized carbons (Fsp3) is 0.318. The molecule has 0 unspecified atom stereocenters. The predicted octanol–water partition coefficient (Wildman–Crippen LogP) is 3.75. The Morgan fingerprint density at radius 2 is 1.75 bits per heavy atom.